The molecule has 2 aliphatic rings. The van der Waals surface area contributed by atoms with Crippen LogP contribution in [0.5, 0.6) is 0 Å². The number of benzene rings is 3. The van der Waals surface area contributed by atoms with Crippen molar-refractivity contribution in [2.75, 3.05) is 5.32 Å². The molecule has 1 aromatic heterocycles. The van der Waals surface area contributed by atoms with Crippen LogP contribution in [0.4, 0.5) is 5.69 Å². The Morgan fingerprint density at radius 3 is 2.71 bits per heavy atom. The summed E-state index contributed by atoms with van der Waals surface area (Å²) in [6.07, 6.45) is 1.20. The molecule has 6 rings (SSSR count). The van der Waals surface area contributed by atoms with Crippen LogP contribution >= 0.6 is 0 Å². The van der Waals surface area contributed by atoms with E-state index in [-0.39, 0.29) is 17.7 Å². The van der Waals surface area contributed by atoms with E-state index in [1.165, 1.54) is 0 Å². The quantitative estimate of drug-likeness (QED) is 0.477. The molecule has 1 atom stereocenters. The Labute approximate surface area is 195 Å². The Morgan fingerprint density at radius 1 is 1.03 bits per heavy atom. The van der Waals surface area contributed by atoms with E-state index in [0.29, 0.717) is 41.9 Å². The van der Waals surface area contributed by atoms with Gasteiger partial charge in [0.25, 0.3) is 11.8 Å². The summed E-state index contributed by atoms with van der Waals surface area (Å²) >= 11 is 0. The second kappa shape index (κ2) is 7.59. The fourth-order valence-electron chi connectivity index (χ4n) is 4.80. The zero-order valence-corrected chi connectivity index (χ0v) is 18.3. The molecular formula is C27H21N3O4. The Hall–Kier alpha value is -4.39. The van der Waals surface area contributed by atoms with Gasteiger partial charge in [0.1, 0.15) is 17.2 Å². The van der Waals surface area contributed by atoms with Gasteiger partial charge in [-0.05, 0) is 60.9 Å². The zero-order chi connectivity index (χ0) is 23.4. The van der Waals surface area contributed by atoms with E-state index in [2.05, 4.69) is 17.2 Å². The summed E-state index contributed by atoms with van der Waals surface area (Å²) in [5, 5.41) is 7.50. The number of hydrogen-bond donors (Lipinski definition) is 2. The lowest BCUT2D eigenvalue weighted by atomic mass is 10.0. The number of nitrogens with one attached hydrogen (secondary N) is 2. The highest BCUT2D eigenvalue weighted by Crippen LogP contribution is 2.31. The molecule has 3 aromatic carbocycles. The number of nitrogens with zero attached hydrogens (tertiary/aromatic N) is 1. The Morgan fingerprint density at radius 2 is 1.85 bits per heavy atom. The molecule has 0 aliphatic carbocycles. The molecule has 34 heavy (non-hydrogen) atoms. The van der Waals surface area contributed by atoms with Crippen molar-refractivity contribution in [2.45, 2.75) is 25.4 Å². The first-order chi connectivity index (χ1) is 16.5. The third kappa shape index (κ3) is 3.25. The van der Waals surface area contributed by atoms with Gasteiger partial charge in [-0.1, -0.05) is 24.8 Å². The van der Waals surface area contributed by atoms with Crippen LogP contribution in [0.15, 0.2) is 77.4 Å². The molecule has 3 amide bonds. The summed E-state index contributed by atoms with van der Waals surface area (Å²) in [6, 6.07) is 17.8. The highest BCUT2D eigenvalue weighted by Gasteiger charge is 2.38. The predicted molar refractivity (Wildman–Crippen MR) is 128 cm³/mol. The van der Waals surface area contributed by atoms with Crippen LogP contribution < -0.4 is 10.6 Å². The van der Waals surface area contributed by atoms with E-state index in [1.807, 2.05) is 30.3 Å². The standard InChI is InChI=1S/C27H21N3O4/c1-15-6-10-22(26(32)28-15)30-14-17-12-18(8-9-19(17)27(30)33)29-25(31)16-7-11-24-21(13-16)20-4-2-3-5-23(20)34-24/h2-5,7-9,11-13,22H,1,6,10,14H2,(H,28,32)(H,29,31). The van der Waals surface area contributed by atoms with Gasteiger partial charge in [0.05, 0.1) is 0 Å². The summed E-state index contributed by atoms with van der Waals surface area (Å²) < 4.78 is 5.84. The minimum atomic E-state index is -0.514. The lowest BCUT2D eigenvalue weighted by molar-refractivity contribution is -0.126. The van der Waals surface area contributed by atoms with Crippen LogP contribution in [0.3, 0.4) is 0 Å². The van der Waals surface area contributed by atoms with Crippen molar-refractivity contribution in [3.63, 3.8) is 0 Å². The number of hydrogen-bond acceptors (Lipinski definition) is 4. The van der Waals surface area contributed by atoms with E-state index < -0.39 is 6.04 Å². The second-order valence-electron chi connectivity index (χ2n) is 8.72. The monoisotopic (exact) mass is 451 g/mol. The third-order valence-electron chi connectivity index (χ3n) is 6.53. The summed E-state index contributed by atoms with van der Waals surface area (Å²) in [4.78, 5) is 39.9. The van der Waals surface area contributed by atoms with Gasteiger partial charge >= 0.3 is 0 Å². The topological polar surface area (TPSA) is 91.7 Å². The molecule has 1 unspecified atom stereocenters. The molecule has 0 bridgehead atoms. The van der Waals surface area contributed by atoms with Crippen molar-refractivity contribution in [1.82, 2.24) is 10.2 Å². The largest absolute Gasteiger partial charge is 0.456 e. The normalized spacial score (nSPS) is 17.8. The number of fused-ring (bicyclic) bond motifs is 4. The minimum Gasteiger partial charge on any atom is -0.456 e. The fourth-order valence-corrected chi connectivity index (χ4v) is 4.80. The number of carbonyl (C=O) groups excluding carboxylic acids is 3. The average Bonchev–Trinajstić information content (AvgIpc) is 3.36. The maximum atomic E-state index is 13.0. The highest BCUT2D eigenvalue weighted by molar-refractivity contribution is 6.11. The first-order valence-electron chi connectivity index (χ1n) is 11.1. The van der Waals surface area contributed by atoms with Gasteiger partial charge in [0.15, 0.2) is 0 Å². The summed E-state index contributed by atoms with van der Waals surface area (Å²) in [5.41, 5.74) is 4.63. The molecule has 2 aliphatic heterocycles. The van der Waals surface area contributed by atoms with Crippen molar-refractivity contribution < 1.29 is 18.8 Å². The summed E-state index contributed by atoms with van der Waals surface area (Å²) in [7, 11) is 0. The second-order valence-corrected chi connectivity index (χ2v) is 8.72. The lowest BCUT2D eigenvalue weighted by Gasteiger charge is -2.30. The van der Waals surface area contributed by atoms with Gasteiger partial charge in [0, 0.05) is 39.8 Å². The van der Waals surface area contributed by atoms with Crippen LogP contribution in [-0.2, 0) is 11.3 Å². The fraction of sp³-hybridized carbons (Fsp3) is 0.148. The minimum absolute atomic E-state index is 0.169. The van der Waals surface area contributed by atoms with Gasteiger partial charge < -0.3 is 20.0 Å². The van der Waals surface area contributed by atoms with Crippen LogP contribution in [0.25, 0.3) is 21.9 Å². The van der Waals surface area contributed by atoms with Gasteiger partial charge in [0.2, 0.25) is 5.91 Å². The summed E-state index contributed by atoms with van der Waals surface area (Å²) in [5.74, 6) is -0.621. The summed E-state index contributed by atoms with van der Waals surface area (Å²) in [6.45, 7) is 4.12. The molecule has 2 N–H and O–H groups in total. The number of furan rings is 1. The van der Waals surface area contributed by atoms with Crippen LogP contribution in [0.1, 0.15) is 39.1 Å². The van der Waals surface area contributed by atoms with Gasteiger partial charge in [-0.15, -0.1) is 0 Å². The Bertz CT molecular complexity index is 1530. The molecule has 7 heteroatoms. The molecule has 1 saturated heterocycles. The highest BCUT2D eigenvalue weighted by atomic mass is 16.3. The van der Waals surface area contributed by atoms with E-state index in [9.17, 15) is 14.4 Å². The molecule has 0 saturated carbocycles. The first-order valence-corrected chi connectivity index (χ1v) is 11.1. The zero-order valence-electron chi connectivity index (χ0n) is 18.3. The predicted octanol–water partition coefficient (Wildman–Crippen LogP) is 4.59. The number of piperidine rings is 1. The number of anilines is 1. The van der Waals surface area contributed by atoms with Gasteiger partial charge in [-0.2, -0.15) is 0 Å². The molecule has 7 nitrogen and oxygen atoms in total. The SMILES string of the molecule is C=C1CCC(N2Cc3cc(NC(=O)c4ccc5oc6ccccc6c5c4)ccc3C2=O)C(=O)N1. The first kappa shape index (κ1) is 20.2. The van der Waals surface area contributed by atoms with Crippen LogP contribution in [0, 0.1) is 0 Å². The third-order valence-corrected chi connectivity index (χ3v) is 6.53. The van der Waals surface area contributed by atoms with E-state index in [0.717, 1.165) is 27.5 Å². The smallest absolute Gasteiger partial charge is 0.255 e. The average molecular weight is 451 g/mol. The van der Waals surface area contributed by atoms with E-state index in [4.69, 9.17) is 4.42 Å². The Balaban J connectivity index is 1.23. The number of rotatable bonds is 3. The molecular weight excluding hydrogens is 430 g/mol. The van der Waals surface area contributed by atoms with Crippen molar-refractivity contribution in [2.24, 2.45) is 0 Å². The van der Waals surface area contributed by atoms with Gasteiger partial charge in [-0.3, -0.25) is 14.4 Å². The molecule has 0 radical (unpaired) electrons. The van der Waals surface area contributed by atoms with Crippen LogP contribution in [0.2, 0.25) is 0 Å². The van der Waals surface area contributed by atoms with Crippen molar-refractivity contribution >= 4 is 45.3 Å². The Kier molecular flexibility index (Phi) is 4.52. The number of amides is 3. The van der Waals surface area contributed by atoms with Crippen molar-refractivity contribution in [3.8, 4) is 0 Å². The molecule has 0 spiro atoms. The molecule has 1 fully saturated rings. The van der Waals surface area contributed by atoms with Crippen molar-refractivity contribution in [1.29, 1.82) is 0 Å². The van der Waals surface area contributed by atoms with E-state index >= 15 is 0 Å². The number of carbonyl (C=O) groups is 3. The molecule has 3 heterocycles. The lowest BCUT2D eigenvalue weighted by Crippen LogP contribution is -2.49. The van der Waals surface area contributed by atoms with Crippen LogP contribution in [-0.4, -0.2) is 28.7 Å². The van der Waals surface area contributed by atoms with Crippen molar-refractivity contribution in [3.05, 3.63) is 89.6 Å². The maximum Gasteiger partial charge on any atom is 0.255 e. The molecule has 4 aromatic rings. The molecule has 168 valence electrons. The number of para-hydroxylation sites is 1. The number of allylic oxidation sites excluding steroid dienone is 1. The van der Waals surface area contributed by atoms with E-state index in [1.54, 1.807) is 35.2 Å². The van der Waals surface area contributed by atoms with Gasteiger partial charge in [-0.25, -0.2) is 0 Å². The maximum absolute atomic E-state index is 13.0.